The highest BCUT2D eigenvalue weighted by atomic mass is 33.1. The highest BCUT2D eigenvalue weighted by molar-refractivity contribution is 8.76. The minimum absolute atomic E-state index is 0.00987. The molecule has 67 heavy (non-hydrogen) atoms. The number of rotatable bonds is 12. The Morgan fingerprint density at radius 1 is 0.955 bits per heavy atom. The lowest BCUT2D eigenvalue weighted by Gasteiger charge is -2.40. The number of benzene rings is 4. The smallest absolute Gasteiger partial charge is 0.168 e. The molecule has 362 valence electrons. The summed E-state index contributed by atoms with van der Waals surface area (Å²) in [5, 5.41) is 75.2. The maximum Gasteiger partial charge on any atom is 0.168 e. The van der Waals surface area contributed by atoms with Crippen LogP contribution >= 0.6 is 21.6 Å². The van der Waals surface area contributed by atoms with E-state index in [1.54, 1.807) is 39.8 Å². The van der Waals surface area contributed by atoms with E-state index in [9.17, 15) is 40.2 Å². The second-order valence-corrected chi connectivity index (χ2v) is 22.1. The number of ether oxygens (including phenoxy) is 2. The van der Waals surface area contributed by atoms with Gasteiger partial charge < -0.3 is 45.4 Å². The molecule has 4 aromatic rings. The van der Waals surface area contributed by atoms with Crippen LogP contribution in [0.2, 0.25) is 0 Å². The van der Waals surface area contributed by atoms with Gasteiger partial charge in [0, 0.05) is 53.3 Å². The standard InChI is InChI=1S/C53H68N2O10S2/c1-31(58)28-54-45-27-42-33(18-22-56)5-11-37(17-21-53(63)19-3-4-20-53)55-52(43(42)23-36(45)29-57)65-48-26-39(60)13-7-34-9-15-46(61)51(64-2)50(34)40-14-8-32-6-12-38(59)25-41(32)44(40)30-66-67-49-16-10-35(48)24-47(49)62/h6,8-9,12,14-15,23,25,27,33,35,37,47-49,52,54-57,59,61-63H,3-5,7,10-11,13,16-22,24,26,28-30H2,1-2H3. The molecule has 8 N–H and O–H groups in total. The van der Waals surface area contributed by atoms with E-state index in [4.69, 9.17) is 9.47 Å². The van der Waals surface area contributed by atoms with Crippen LogP contribution in [0, 0.1) is 5.92 Å². The first-order valence-corrected chi connectivity index (χ1v) is 26.6. The lowest BCUT2D eigenvalue weighted by Crippen LogP contribution is -2.43. The van der Waals surface area contributed by atoms with Crippen LogP contribution in [0.25, 0.3) is 21.9 Å². The maximum absolute atomic E-state index is 14.6. The first kappa shape index (κ1) is 49.6. The first-order chi connectivity index (χ1) is 32.4. The SMILES string of the molecule is COc1c(O)ccc2c1-c1ccc3ccc(O)cc3c1CSSC1CCC(CC1O)C(OC1NC(CCC3(O)CCCC3)CCC(CCO)c3cc(NCC(C)=O)c(CO)cc31)CC(=O)CC2. The summed E-state index contributed by atoms with van der Waals surface area (Å²) < 4.78 is 13.2. The van der Waals surface area contributed by atoms with Gasteiger partial charge in [-0.2, -0.15) is 0 Å². The molecule has 2 aliphatic carbocycles. The minimum Gasteiger partial charge on any atom is -0.508 e. The van der Waals surface area contributed by atoms with Crippen molar-refractivity contribution in [3.63, 3.8) is 0 Å². The van der Waals surface area contributed by atoms with E-state index in [0.29, 0.717) is 66.8 Å². The number of methoxy groups -OCH3 is 1. The van der Waals surface area contributed by atoms with Crippen molar-refractivity contribution in [2.75, 3.05) is 25.6 Å². The van der Waals surface area contributed by atoms with Gasteiger partial charge in [0.15, 0.2) is 11.5 Å². The fourth-order valence-corrected chi connectivity index (χ4v) is 14.1. The normalized spacial score (nSPS) is 25.7. The number of aliphatic hydroxyl groups excluding tert-OH is 3. The monoisotopic (exact) mass is 956 g/mol. The quantitative estimate of drug-likeness (QED) is 0.0626. The summed E-state index contributed by atoms with van der Waals surface area (Å²) in [6.45, 7) is 1.29. The number of carbonyl (C=O) groups excluding carboxylic acids is 2. The third-order valence-electron chi connectivity index (χ3n) is 14.9. The summed E-state index contributed by atoms with van der Waals surface area (Å²) in [6, 6.07) is 16.7. The average Bonchev–Trinajstić information content (AvgIpc) is 3.75. The van der Waals surface area contributed by atoms with Crippen molar-refractivity contribution >= 4 is 49.6 Å². The van der Waals surface area contributed by atoms with E-state index in [2.05, 4.69) is 10.6 Å². The van der Waals surface area contributed by atoms with Gasteiger partial charge in [0.05, 0.1) is 38.1 Å². The molecule has 4 aromatic carbocycles. The second-order valence-electron chi connectivity index (χ2n) is 19.5. The van der Waals surface area contributed by atoms with Crippen LogP contribution in [0.15, 0.2) is 54.6 Å². The summed E-state index contributed by atoms with van der Waals surface area (Å²) >= 11 is 0. The van der Waals surface area contributed by atoms with Crippen molar-refractivity contribution in [2.45, 2.75) is 157 Å². The van der Waals surface area contributed by atoms with Crippen LogP contribution in [-0.2, 0) is 33.1 Å². The highest BCUT2D eigenvalue weighted by Gasteiger charge is 2.39. The minimum atomic E-state index is -0.728. The fraction of sp³-hybridized carbons (Fsp3) is 0.547. The number of Topliss-reactive ketones (excluding diaryl/α,β-unsaturated/α-hetero) is 2. The van der Waals surface area contributed by atoms with E-state index >= 15 is 0 Å². The van der Waals surface area contributed by atoms with Gasteiger partial charge in [-0.1, -0.05) is 58.7 Å². The largest absolute Gasteiger partial charge is 0.508 e. The van der Waals surface area contributed by atoms with Crippen LogP contribution in [0.5, 0.6) is 17.2 Å². The molecule has 2 bridgehead atoms. The van der Waals surface area contributed by atoms with Gasteiger partial charge in [0.2, 0.25) is 0 Å². The van der Waals surface area contributed by atoms with Crippen molar-refractivity contribution in [2.24, 2.45) is 5.92 Å². The summed E-state index contributed by atoms with van der Waals surface area (Å²) in [5.41, 5.74) is 5.62. The summed E-state index contributed by atoms with van der Waals surface area (Å²) in [7, 11) is 4.83. The number of aromatic hydroxyl groups is 2. The topological polar surface area (TPSA) is 198 Å². The molecule has 12 nitrogen and oxygen atoms in total. The number of hydrogen-bond donors (Lipinski definition) is 8. The molecule has 2 fully saturated rings. The molecule has 2 saturated carbocycles. The molecule has 7 atom stereocenters. The molecule has 9 rings (SSSR count). The van der Waals surface area contributed by atoms with Gasteiger partial charge in [-0.05, 0) is 158 Å². The Kier molecular flexibility index (Phi) is 16.5. The van der Waals surface area contributed by atoms with Gasteiger partial charge in [-0.3, -0.25) is 14.9 Å². The van der Waals surface area contributed by atoms with Crippen LogP contribution in [0.1, 0.15) is 137 Å². The predicted molar refractivity (Wildman–Crippen MR) is 266 cm³/mol. The number of phenols is 2. The Bertz CT molecular complexity index is 2390. The van der Waals surface area contributed by atoms with Crippen molar-refractivity contribution < 1.29 is 49.7 Å². The van der Waals surface area contributed by atoms with Crippen LogP contribution in [-0.4, -0.2) is 91.6 Å². The molecule has 14 heteroatoms. The zero-order chi connectivity index (χ0) is 47.2. The Balaban J connectivity index is 1.17. The molecule has 0 radical (unpaired) electrons. The zero-order valence-electron chi connectivity index (χ0n) is 38.8. The van der Waals surface area contributed by atoms with Crippen LogP contribution in [0.3, 0.4) is 0 Å². The molecule has 3 heterocycles. The molecule has 0 amide bonds. The first-order valence-electron chi connectivity index (χ1n) is 24.2. The number of phenolic OH excluding ortho intramolecular Hbond substituents is 2. The van der Waals surface area contributed by atoms with E-state index in [1.807, 2.05) is 36.4 Å². The van der Waals surface area contributed by atoms with Gasteiger partial charge >= 0.3 is 0 Å². The van der Waals surface area contributed by atoms with Gasteiger partial charge in [-0.25, -0.2) is 0 Å². The summed E-state index contributed by atoms with van der Waals surface area (Å²) in [4.78, 5) is 26.7. The number of carbonyl (C=O) groups is 2. The number of anilines is 1. The van der Waals surface area contributed by atoms with Gasteiger partial charge in [0.1, 0.15) is 23.5 Å². The van der Waals surface area contributed by atoms with E-state index < -0.39 is 24.0 Å². The molecule has 5 aliphatic rings. The third kappa shape index (κ3) is 11.6. The third-order valence-corrected chi connectivity index (χ3v) is 17.7. The Hall–Kier alpha value is -3.86. The second kappa shape index (κ2) is 22.3. The number of aryl methyl sites for hydroxylation is 1. The van der Waals surface area contributed by atoms with Crippen molar-refractivity contribution in [3.8, 4) is 28.4 Å². The highest BCUT2D eigenvalue weighted by Crippen LogP contribution is 2.49. The number of aliphatic hydroxyl groups is 4. The lowest BCUT2D eigenvalue weighted by atomic mass is 9.80. The molecule has 0 aromatic heterocycles. The molecule has 0 saturated heterocycles. The number of ketones is 2. The van der Waals surface area contributed by atoms with Crippen molar-refractivity contribution in [1.82, 2.24) is 5.32 Å². The van der Waals surface area contributed by atoms with Gasteiger partial charge in [-0.15, -0.1) is 0 Å². The number of nitrogens with one attached hydrogen (secondary N) is 2. The number of hydrogen-bond acceptors (Lipinski definition) is 14. The number of fused-ring (bicyclic) bond motifs is 10. The Morgan fingerprint density at radius 3 is 2.51 bits per heavy atom. The molecular weight excluding hydrogens is 889 g/mol. The summed E-state index contributed by atoms with van der Waals surface area (Å²) in [6.07, 6.45) is 7.52. The molecule has 7 unspecified atom stereocenters. The fourth-order valence-electron chi connectivity index (χ4n) is 11.2. The Labute approximate surface area is 402 Å². The van der Waals surface area contributed by atoms with Crippen LogP contribution in [0.4, 0.5) is 5.69 Å². The Morgan fingerprint density at radius 2 is 1.76 bits per heavy atom. The molecule has 3 aliphatic heterocycles. The van der Waals surface area contributed by atoms with Gasteiger partial charge in [0.25, 0.3) is 0 Å². The van der Waals surface area contributed by atoms with E-state index in [1.165, 1.54) is 14.0 Å². The summed E-state index contributed by atoms with van der Waals surface area (Å²) in [5.74, 6) is 0.709. The zero-order valence-corrected chi connectivity index (χ0v) is 40.4. The van der Waals surface area contributed by atoms with E-state index in [-0.39, 0.29) is 78.8 Å². The molecule has 0 spiro atoms. The molecular formula is C53H68N2O10S2. The van der Waals surface area contributed by atoms with E-state index in [0.717, 1.165) is 83.5 Å². The van der Waals surface area contributed by atoms with Crippen molar-refractivity contribution in [3.05, 3.63) is 82.4 Å². The maximum atomic E-state index is 14.6. The van der Waals surface area contributed by atoms with Crippen molar-refractivity contribution in [1.29, 1.82) is 0 Å². The van der Waals surface area contributed by atoms with Crippen LogP contribution < -0.4 is 15.4 Å². The predicted octanol–water partition coefficient (Wildman–Crippen LogP) is 9.12. The lowest BCUT2D eigenvalue weighted by molar-refractivity contribution is -0.129. The average molecular weight is 957 g/mol.